The number of carbonyl (C=O) groups is 1. The Labute approximate surface area is 121 Å². The summed E-state index contributed by atoms with van der Waals surface area (Å²) in [5.41, 5.74) is 0.440. The molecule has 0 saturated heterocycles. The first-order valence-corrected chi connectivity index (χ1v) is 6.22. The summed E-state index contributed by atoms with van der Waals surface area (Å²) < 4.78 is 11.9. The minimum absolute atomic E-state index is 0.121. The average Bonchev–Trinajstić information content (AvgIpc) is 2.83. The number of aryl methyl sites for hydroxylation is 1. The van der Waals surface area contributed by atoms with Gasteiger partial charge >= 0.3 is 0 Å². The second-order valence-electron chi connectivity index (χ2n) is 4.09. The maximum atomic E-state index is 12.2. The van der Waals surface area contributed by atoms with Crippen LogP contribution in [0.2, 0.25) is 5.02 Å². The molecule has 0 atom stereocenters. The molecule has 0 aliphatic heterocycles. The van der Waals surface area contributed by atoms with Crippen LogP contribution in [0, 0.1) is 0 Å². The lowest BCUT2D eigenvalue weighted by molar-refractivity contribution is 0.0989. The van der Waals surface area contributed by atoms with E-state index in [1.54, 1.807) is 23.9 Å². The van der Waals surface area contributed by atoms with Crippen molar-refractivity contribution in [2.75, 3.05) is 14.2 Å². The van der Waals surface area contributed by atoms with E-state index >= 15 is 0 Å². The molecule has 0 amide bonds. The molecule has 0 bridgehead atoms. The molecule has 6 nitrogen and oxygen atoms in total. The molecule has 0 spiro atoms. The van der Waals surface area contributed by atoms with Crippen LogP contribution in [-0.4, -0.2) is 34.8 Å². The molecular formula is C13H14ClN3O3. The number of hydrogen-bond acceptors (Lipinski definition) is 5. The van der Waals surface area contributed by atoms with E-state index in [2.05, 4.69) is 10.1 Å². The summed E-state index contributed by atoms with van der Waals surface area (Å²) in [5, 5.41) is 4.25. The third kappa shape index (κ3) is 2.75. The zero-order valence-electron chi connectivity index (χ0n) is 11.4. The lowest BCUT2D eigenvalue weighted by Crippen LogP contribution is -2.09. The monoisotopic (exact) mass is 295 g/mol. The summed E-state index contributed by atoms with van der Waals surface area (Å²) >= 11 is 6.08. The molecule has 2 rings (SSSR count). The maximum absolute atomic E-state index is 12.2. The number of benzene rings is 1. The van der Waals surface area contributed by atoms with E-state index in [0.29, 0.717) is 27.9 Å². The number of aromatic nitrogens is 3. The first-order chi connectivity index (χ1) is 9.56. The first-order valence-electron chi connectivity index (χ1n) is 5.84. The van der Waals surface area contributed by atoms with Gasteiger partial charge in [-0.2, -0.15) is 5.10 Å². The van der Waals surface area contributed by atoms with Crippen molar-refractivity contribution < 1.29 is 14.3 Å². The summed E-state index contributed by atoms with van der Waals surface area (Å²) in [6.07, 6.45) is 1.55. The van der Waals surface area contributed by atoms with Crippen molar-refractivity contribution in [1.29, 1.82) is 0 Å². The van der Waals surface area contributed by atoms with Crippen LogP contribution in [-0.2, 0) is 13.5 Å². The number of carbonyl (C=O) groups excluding carboxylic acids is 1. The van der Waals surface area contributed by atoms with Gasteiger partial charge in [0.1, 0.15) is 12.2 Å². The molecule has 20 heavy (non-hydrogen) atoms. The Hall–Kier alpha value is -2.08. The molecule has 0 radical (unpaired) electrons. The van der Waals surface area contributed by atoms with Crippen molar-refractivity contribution in [2.45, 2.75) is 6.42 Å². The summed E-state index contributed by atoms with van der Waals surface area (Å²) in [6.45, 7) is 0. The quantitative estimate of drug-likeness (QED) is 0.788. The molecule has 106 valence electrons. The highest BCUT2D eigenvalue weighted by Gasteiger charge is 2.17. The molecule has 7 heteroatoms. The smallest absolute Gasteiger partial charge is 0.179 e. The molecule has 0 aliphatic carbocycles. The topological polar surface area (TPSA) is 66.2 Å². The van der Waals surface area contributed by atoms with Gasteiger partial charge in [-0.05, 0) is 12.1 Å². The van der Waals surface area contributed by atoms with Crippen molar-refractivity contribution in [3.63, 3.8) is 0 Å². The van der Waals surface area contributed by atoms with Gasteiger partial charge in [0.2, 0.25) is 0 Å². The van der Waals surface area contributed by atoms with Crippen LogP contribution in [0.1, 0.15) is 16.2 Å². The zero-order valence-corrected chi connectivity index (χ0v) is 12.1. The molecule has 0 N–H and O–H groups in total. The van der Waals surface area contributed by atoms with Crippen LogP contribution >= 0.6 is 11.6 Å². The molecule has 0 saturated carbocycles. The fourth-order valence-corrected chi connectivity index (χ4v) is 2.09. The molecule has 2 aromatic rings. The summed E-state index contributed by atoms with van der Waals surface area (Å²) in [5.74, 6) is 1.29. The van der Waals surface area contributed by atoms with Gasteiger partial charge in [0.25, 0.3) is 0 Å². The molecule has 1 aromatic heterocycles. The average molecular weight is 296 g/mol. The molecule has 0 unspecified atom stereocenters. The van der Waals surface area contributed by atoms with Gasteiger partial charge in [-0.3, -0.25) is 9.48 Å². The van der Waals surface area contributed by atoms with E-state index in [1.807, 2.05) is 0 Å². The van der Waals surface area contributed by atoms with E-state index in [4.69, 9.17) is 21.1 Å². The Morgan fingerprint density at radius 3 is 2.65 bits per heavy atom. The number of nitrogens with zero attached hydrogens (tertiary/aromatic N) is 3. The Morgan fingerprint density at radius 2 is 2.10 bits per heavy atom. The number of rotatable bonds is 5. The van der Waals surface area contributed by atoms with Gasteiger partial charge in [0.15, 0.2) is 17.3 Å². The number of Topliss-reactive ketones (excluding diaryl/α,β-unsaturated/α-hetero) is 1. The summed E-state index contributed by atoms with van der Waals surface area (Å²) in [7, 11) is 4.72. The number of halogens is 1. The Balaban J connectivity index is 2.31. The van der Waals surface area contributed by atoms with E-state index < -0.39 is 0 Å². The van der Waals surface area contributed by atoms with E-state index in [9.17, 15) is 4.79 Å². The van der Waals surface area contributed by atoms with E-state index in [-0.39, 0.29) is 12.2 Å². The van der Waals surface area contributed by atoms with E-state index in [0.717, 1.165) is 0 Å². The highest BCUT2D eigenvalue weighted by atomic mass is 35.5. The predicted molar refractivity (Wildman–Crippen MR) is 73.6 cm³/mol. The predicted octanol–water partition coefficient (Wildman–Crippen LogP) is 1.91. The van der Waals surface area contributed by atoms with Crippen LogP contribution in [0.4, 0.5) is 0 Å². The van der Waals surface area contributed by atoms with Gasteiger partial charge in [-0.15, -0.1) is 0 Å². The van der Waals surface area contributed by atoms with Crippen molar-refractivity contribution in [2.24, 2.45) is 7.05 Å². The Kier molecular flexibility index (Phi) is 4.24. The third-order valence-electron chi connectivity index (χ3n) is 2.88. The van der Waals surface area contributed by atoms with Gasteiger partial charge < -0.3 is 9.47 Å². The van der Waals surface area contributed by atoms with Crippen LogP contribution in [0.25, 0.3) is 0 Å². The zero-order chi connectivity index (χ0) is 14.7. The second-order valence-corrected chi connectivity index (χ2v) is 4.50. The number of methoxy groups -OCH3 is 2. The minimum Gasteiger partial charge on any atom is -0.493 e. The van der Waals surface area contributed by atoms with Gasteiger partial charge in [-0.25, -0.2) is 4.98 Å². The van der Waals surface area contributed by atoms with Crippen molar-refractivity contribution in [3.8, 4) is 11.5 Å². The lowest BCUT2D eigenvalue weighted by Gasteiger charge is -2.11. The number of ketones is 1. The standard InChI is InChI=1S/C13H14ClN3O3/c1-17-12(15-7-16-17)6-10(18)8-4-9(14)13(20-3)11(5-8)19-2/h4-5,7H,6H2,1-3H3. The Bertz CT molecular complexity index is 640. The SMILES string of the molecule is COc1cc(C(=O)Cc2ncnn2C)cc(Cl)c1OC. The fourth-order valence-electron chi connectivity index (χ4n) is 1.80. The first kappa shape index (κ1) is 14.3. The normalized spacial score (nSPS) is 10.4. The largest absolute Gasteiger partial charge is 0.493 e. The second kappa shape index (κ2) is 5.92. The summed E-state index contributed by atoms with van der Waals surface area (Å²) in [4.78, 5) is 16.3. The number of hydrogen-bond donors (Lipinski definition) is 0. The molecule has 0 fully saturated rings. The van der Waals surface area contributed by atoms with Crippen molar-refractivity contribution in [1.82, 2.24) is 14.8 Å². The molecule has 0 aliphatic rings. The van der Waals surface area contributed by atoms with E-state index in [1.165, 1.54) is 20.5 Å². The van der Waals surface area contributed by atoms with Crippen molar-refractivity contribution >= 4 is 17.4 Å². The minimum atomic E-state index is -0.121. The fraction of sp³-hybridized carbons (Fsp3) is 0.308. The van der Waals surface area contributed by atoms with Crippen molar-refractivity contribution in [3.05, 3.63) is 34.9 Å². The van der Waals surface area contributed by atoms with Crippen LogP contribution in [0.5, 0.6) is 11.5 Å². The highest BCUT2D eigenvalue weighted by Crippen LogP contribution is 2.36. The highest BCUT2D eigenvalue weighted by molar-refractivity contribution is 6.32. The van der Waals surface area contributed by atoms with Gasteiger partial charge in [0.05, 0.1) is 25.7 Å². The molecule has 1 heterocycles. The van der Waals surface area contributed by atoms with Crippen LogP contribution in [0.3, 0.4) is 0 Å². The van der Waals surface area contributed by atoms with Gasteiger partial charge in [-0.1, -0.05) is 11.6 Å². The molecular weight excluding hydrogens is 282 g/mol. The Morgan fingerprint density at radius 1 is 1.35 bits per heavy atom. The maximum Gasteiger partial charge on any atom is 0.179 e. The van der Waals surface area contributed by atoms with Crippen LogP contribution in [0.15, 0.2) is 18.5 Å². The number of ether oxygens (including phenoxy) is 2. The molecule has 1 aromatic carbocycles. The third-order valence-corrected chi connectivity index (χ3v) is 3.16. The van der Waals surface area contributed by atoms with Crippen LogP contribution < -0.4 is 9.47 Å². The summed E-state index contributed by atoms with van der Waals surface area (Å²) in [6, 6.07) is 3.16. The van der Waals surface area contributed by atoms with Gasteiger partial charge in [0, 0.05) is 12.6 Å². The lowest BCUT2D eigenvalue weighted by atomic mass is 10.1.